The second kappa shape index (κ2) is 6.66. The van der Waals surface area contributed by atoms with E-state index >= 15 is 0 Å². The topological polar surface area (TPSA) is 38.5 Å². The summed E-state index contributed by atoms with van der Waals surface area (Å²) in [6.07, 6.45) is 2.62. The van der Waals surface area contributed by atoms with Crippen molar-refractivity contribution in [1.82, 2.24) is 4.90 Å². The molecule has 1 heterocycles. The van der Waals surface area contributed by atoms with Gasteiger partial charge in [-0.1, -0.05) is 28.1 Å². The van der Waals surface area contributed by atoms with Crippen molar-refractivity contribution in [2.24, 2.45) is 5.73 Å². The average molecular weight is 313 g/mol. The number of nitrogens with two attached hydrogens (primary N) is 1. The minimum Gasteiger partial charge on any atom is -0.381 e. The van der Waals surface area contributed by atoms with Gasteiger partial charge in [0.2, 0.25) is 0 Å². The minimum atomic E-state index is 0.320. The van der Waals surface area contributed by atoms with Crippen LogP contribution in [0.4, 0.5) is 0 Å². The van der Waals surface area contributed by atoms with Gasteiger partial charge in [0.05, 0.1) is 6.10 Å². The van der Waals surface area contributed by atoms with E-state index in [1.807, 2.05) is 6.07 Å². The van der Waals surface area contributed by atoms with Crippen molar-refractivity contribution in [3.8, 4) is 0 Å². The first-order valence-electron chi connectivity index (χ1n) is 6.47. The first-order chi connectivity index (χ1) is 8.74. The number of methoxy groups -OCH3 is 1. The predicted molar refractivity (Wildman–Crippen MR) is 77.5 cm³/mol. The van der Waals surface area contributed by atoms with Gasteiger partial charge in [0.25, 0.3) is 0 Å². The lowest BCUT2D eigenvalue weighted by Crippen LogP contribution is -2.41. The van der Waals surface area contributed by atoms with Gasteiger partial charge in [0.1, 0.15) is 0 Å². The van der Waals surface area contributed by atoms with Crippen molar-refractivity contribution in [2.75, 3.05) is 26.7 Å². The molecule has 0 radical (unpaired) electrons. The Labute approximate surface area is 117 Å². The summed E-state index contributed by atoms with van der Waals surface area (Å²) in [5, 5.41) is 0. The highest BCUT2D eigenvalue weighted by atomic mass is 79.9. The van der Waals surface area contributed by atoms with E-state index in [4.69, 9.17) is 10.5 Å². The van der Waals surface area contributed by atoms with Gasteiger partial charge in [-0.3, -0.25) is 4.90 Å². The van der Waals surface area contributed by atoms with Gasteiger partial charge in [0.15, 0.2) is 0 Å². The van der Waals surface area contributed by atoms with Crippen LogP contribution in [0.15, 0.2) is 28.7 Å². The molecule has 1 unspecified atom stereocenters. The zero-order valence-corrected chi connectivity index (χ0v) is 12.4. The zero-order chi connectivity index (χ0) is 13.0. The molecule has 0 amide bonds. The van der Waals surface area contributed by atoms with E-state index in [-0.39, 0.29) is 0 Å². The summed E-state index contributed by atoms with van der Waals surface area (Å²) in [6, 6.07) is 8.77. The summed E-state index contributed by atoms with van der Waals surface area (Å²) < 4.78 is 6.53. The highest BCUT2D eigenvalue weighted by Crippen LogP contribution is 2.26. The largest absolute Gasteiger partial charge is 0.381 e. The minimum absolute atomic E-state index is 0.320. The average Bonchev–Trinajstić information content (AvgIpc) is 2.40. The van der Waals surface area contributed by atoms with Crippen LogP contribution in [0.1, 0.15) is 24.4 Å². The number of piperidine rings is 1. The standard InChI is InChI=1S/C14H21BrN2O/c1-18-13-5-7-17(8-6-13)14(10-16)11-3-2-4-12(15)9-11/h2-4,9,13-14H,5-8,10,16H2,1H3. The van der Waals surface area contributed by atoms with Crippen molar-refractivity contribution in [2.45, 2.75) is 25.0 Å². The number of hydrogen-bond donors (Lipinski definition) is 1. The summed E-state index contributed by atoms with van der Waals surface area (Å²) in [5.41, 5.74) is 7.26. The maximum atomic E-state index is 5.96. The quantitative estimate of drug-likeness (QED) is 0.928. The van der Waals surface area contributed by atoms with Crippen LogP contribution in [0, 0.1) is 0 Å². The molecule has 18 heavy (non-hydrogen) atoms. The summed E-state index contributed by atoms with van der Waals surface area (Å²) in [5.74, 6) is 0. The summed E-state index contributed by atoms with van der Waals surface area (Å²) in [6.45, 7) is 2.79. The van der Waals surface area contributed by atoms with Gasteiger partial charge in [-0.25, -0.2) is 0 Å². The van der Waals surface area contributed by atoms with Gasteiger partial charge in [-0.2, -0.15) is 0 Å². The van der Waals surface area contributed by atoms with Gasteiger partial charge in [-0.15, -0.1) is 0 Å². The van der Waals surface area contributed by atoms with E-state index in [9.17, 15) is 0 Å². The monoisotopic (exact) mass is 312 g/mol. The second-order valence-electron chi connectivity index (χ2n) is 4.78. The van der Waals surface area contributed by atoms with Crippen LogP contribution in [0.3, 0.4) is 0 Å². The van der Waals surface area contributed by atoms with Crippen molar-refractivity contribution in [3.63, 3.8) is 0 Å². The van der Waals surface area contributed by atoms with Crippen LogP contribution in [0.25, 0.3) is 0 Å². The third-order valence-electron chi connectivity index (χ3n) is 3.71. The number of nitrogens with zero attached hydrogens (tertiary/aromatic N) is 1. The highest BCUT2D eigenvalue weighted by Gasteiger charge is 2.25. The Balaban J connectivity index is 2.05. The molecule has 2 rings (SSSR count). The Kier molecular flexibility index (Phi) is 5.18. The molecule has 4 heteroatoms. The van der Waals surface area contributed by atoms with E-state index in [0.717, 1.165) is 30.4 Å². The molecule has 1 aliphatic heterocycles. The molecule has 0 aliphatic carbocycles. The summed E-state index contributed by atoms with van der Waals surface area (Å²) in [7, 11) is 1.80. The van der Waals surface area contributed by atoms with E-state index in [1.54, 1.807) is 7.11 Å². The van der Waals surface area contributed by atoms with Crippen molar-refractivity contribution >= 4 is 15.9 Å². The molecular formula is C14H21BrN2O. The highest BCUT2D eigenvalue weighted by molar-refractivity contribution is 9.10. The lowest BCUT2D eigenvalue weighted by molar-refractivity contribution is 0.0280. The first-order valence-corrected chi connectivity index (χ1v) is 7.26. The molecule has 1 aromatic rings. The van der Waals surface area contributed by atoms with E-state index in [1.165, 1.54) is 5.56 Å². The number of hydrogen-bond acceptors (Lipinski definition) is 3. The van der Waals surface area contributed by atoms with Gasteiger partial charge < -0.3 is 10.5 Å². The number of ether oxygens (including phenoxy) is 1. The second-order valence-corrected chi connectivity index (χ2v) is 5.69. The smallest absolute Gasteiger partial charge is 0.0595 e. The van der Waals surface area contributed by atoms with Crippen molar-refractivity contribution < 1.29 is 4.74 Å². The molecule has 0 aromatic heterocycles. The Bertz CT molecular complexity index is 378. The number of likely N-dealkylation sites (tertiary alicyclic amines) is 1. The normalized spacial score (nSPS) is 19.9. The van der Waals surface area contributed by atoms with Crippen LogP contribution < -0.4 is 5.73 Å². The number of rotatable bonds is 4. The lowest BCUT2D eigenvalue weighted by atomic mass is 10.0. The third-order valence-corrected chi connectivity index (χ3v) is 4.20. The molecule has 0 saturated carbocycles. The fraction of sp³-hybridized carbons (Fsp3) is 0.571. The Morgan fingerprint density at radius 3 is 2.72 bits per heavy atom. The zero-order valence-electron chi connectivity index (χ0n) is 10.8. The molecular weight excluding hydrogens is 292 g/mol. The van der Waals surface area contributed by atoms with Crippen LogP contribution in [0.2, 0.25) is 0 Å². The van der Waals surface area contributed by atoms with Gasteiger partial charge in [0, 0.05) is 37.3 Å². The predicted octanol–water partition coefficient (Wildman–Crippen LogP) is 2.56. The molecule has 1 saturated heterocycles. The molecule has 2 N–H and O–H groups in total. The number of benzene rings is 1. The van der Waals surface area contributed by atoms with E-state index in [0.29, 0.717) is 18.7 Å². The van der Waals surface area contributed by atoms with Crippen LogP contribution in [0.5, 0.6) is 0 Å². The number of halogens is 1. The van der Waals surface area contributed by atoms with E-state index in [2.05, 4.69) is 39.0 Å². The Hall–Kier alpha value is -0.420. The maximum Gasteiger partial charge on any atom is 0.0595 e. The fourth-order valence-electron chi connectivity index (χ4n) is 2.63. The fourth-order valence-corrected chi connectivity index (χ4v) is 3.05. The van der Waals surface area contributed by atoms with Gasteiger partial charge >= 0.3 is 0 Å². The van der Waals surface area contributed by atoms with Crippen LogP contribution >= 0.6 is 15.9 Å². The SMILES string of the molecule is COC1CCN(C(CN)c2cccc(Br)c2)CC1. The first kappa shape index (κ1) is 14.0. The third kappa shape index (κ3) is 3.32. The molecule has 0 spiro atoms. The Morgan fingerprint density at radius 1 is 1.44 bits per heavy atom. The lowest BCUT2D eigenvalue weighted by Gasteiger charge is -2.37. The molecule has 1 aromatic carbocycles. The Morgan fingerprint density at radius 2 is 2.17 bits per heavy atom. The van der Waals surface area contributed by atoms with E-state index < -0.39 is 0 Å². The molecule has 0 bridgehead atoms. The summed E-state index contributed by atoms with van der Waals surface area (Å²) in [4.78, 5) is 2.47. The molecule has 100 valence electrons. The summed E-state index contributed by atoms with van der Waals surface area (Å²) >= 11 is 3.53. The van der Waals surface area contributed by atoms with Crippen molar-refractivity contribution in [3.05, 3.63) is 34.3 Å². The molecule has 1 fully saturated rings. The van der Waals surface area contributed by atoms with Gasteiger partial charge in [-0.05, 0) is 30.5 Å². The van der Waals surface area contributed by atoms with Crippen LogP contribution in [-0.2, 0) is 4.74 Å². The molecule has 1 aliphatic rings. The molecule has 1 atom stereocenters. The van der Waals surface area contributed by atoms with Crippen LogP contribution in [-0.4, -0.2) is 37.7 Å². The molecule has 3 nitrogen and oxygen atoms in total. The van der Waals surface area contributed by atoms with Crippen molar-refractivity contribution in [1.29, 1.82) is 0 Å². The maximum absolute atomic E-state index is 5.96.